The molecule has 24 heavy (non-hydrogen) atoms. The monoisotopic (exact) mass is 321 g/mol. The largest absolute Gasteiger partial charge is 0.449 e. The lowest BCUT2D eigenvalue weighted by Gasteiger charge is -2.17. The third-order valence-electron chi connectivity index (χ3n) is 3.59. The zero-order chi connectivity index (χ0) is 17.1. The maximum atomic E-state index is 11.9. The molecule has 0 atom stereocenters. The summed E-state index contributed by atoms with van der Waals surface area (Å²) in [5.41, 5.74) is 3.24. The molecule has 0 unspecified atom stereocenters. The van der Waals surface area contributed by atoms with Crippen molar-refractivity contribution < 1.29 is 9.53 Å². The minimum absolute atomic E-state index is 0.318. The summed E-state index contributed by atoms with van der Waals surface area (Å²) in [6.45, 7) is 2.08. The Morgan fingerprint density at radius 3 is 3.00 bits per heavy atom. The van der Waals surface area contributed by atoms with Crippen LogP contribution in [0.1, 0.15) is 12.5 Å². The fraction of sp³-hybridized carbons (Fsp3) is 0.176. The van der Waals surface area contributed by atoms with E-state index in [-0.39, 0.29) is 0 Å². The summed E-state index contributed by atoms with van der Waals surface area (Å²) in [5, 5.41) is 13.3. The summed E-state index contributed by atoms with van der Waals surface area (Å²) in [4.78, 5) is 17.5. The van der Waals surface area contributed by atoms with Crippen LogP contribution in [0, 0.1) is 11.3 Å². The number of amides is 1. The quantitative estimate of drug-likeness (QED) is 0.740. The van der Waals surface area contributed by atoms with Gasteiger partial charge in [0, 0.05) is 24.5 Å². The van der Waals surface area contributed by atoms with Gasteiger partial charge >= 0.3 is 6.09 Å². The highest BCUT2D eigenvalue weighted by Crippen LogP contribution is 2.25. The maximum absolute atomic E-state index is 11.9. The minimum Gasteiger partial charge on any atom is -0.449 e. The van der Waals surface area contributed by atoms with Crippen LogP contribution < -0.4 is 4.90 Å². The number of fused-ring (bicyclic) bond motifs is 1. The SMILES string of the molecule is CCOC(=O)N(C)c1cccc(-c2ccnc3c(C#N)cnn23)c1. The van der Waals surface area contributed by atoms with E-state index >= 15 is 0 Å². The van der Waals surface area contributed by atoms with Crippen molar-refractivity contribution in [3.63, 3.8) is 0 Å². The number of carbonyl (C=O) groups is 1. The molecular formula is C17H15N5O2. The lowest BCUT2D eigenvalue weighted by molar-refractivity contribution is 0.161. The molecule has 3 aromatic rings. The van der Waals surface area contributed by atoms with Crippen LogP contribution >= 0.6 is 0 Å². The van der Waals surface area contributed by atoms with Crippen LogP contribution in [0.25, 0.3) is 16.9 Å². The maximum Gasteiger partial charge on any atom is 0.413 e. The van der Waals surface area contributed by atoms with Gasteiger partial charge < -0.3 is 4.74 Å². The number of rotatable bonds is 3. The average Bonchev–Trinajstić information content (AvgIpc) is 3.04. The Balaban J connectivity index is 2.05. The summed E-state index contributed by atoms with van der Waals surface area (Å²) in [5.74, 6) is 0. The molecule has 0 bridgehead atoms. The Kier molecular flexibility index (Phi) is 4.12. The Morgan fingerprint density at radius 2 is 2.25 bits per heavy atom. The lowest BCUT2D eigenvalue weighted by atomic mass is 10.1. The lowest BCUT2D eigenvalue weighted by Crippen LogP contribution is -2.26. The topological polar surface area (TPSA) is 83.5 Å². The van der Waals surface area contributed by atoms with E-state index in [2.05, 4.69) is 16.2 Å². The number of nitriles is 1. The second-order valence-corrected chi connectivity index (χ2v) is 5.04. The molecule has 120 valence electrons. The second-order valence-electron chi connectivity index (χ2n) is 5.04. The van der Waals surface area contributed by atoms with E-state index in [4.69, 9.17) is 10.00 Å². The standard InChI is InChI=1S/C17H15N5O2/c1-3-24-17(23)21(2)14-6-4-5-12(9-14)15-7-8-19-16-13(10-18)11-20-22(15)16/h4-9,11H,3H2,1-2H3. The molecule has 0 spiro atoms. The van der Waals surface area contributed by atoms with Gasteiger partial charge in [0.05, 0.1) is 18.5 Å². The molecule has 0 saturated carbocycles. The smallest absolute Gasteiger partial charge is 0.413 e. The predicted molar refractivity (Wildman–Crippen MR) is 88.6 cm³/mol. The Bertz CT molecular complexity index is 942. The number of anilines is 1. The summed E-state index contributed by atoms with van der Waals surface area (Å²) in [7, 11) is 1.65. The van der Waals surface area contributed by atoms with Crippen molar-refractivity contribution in [1.82, 2.24) is 14.6 Å². The molecule has 0 saturated heterocycles. The van der Waals surface area contributed by atoms with Gasteiger partial charge in [0.15, 0.2) is 5.65 Å². The Hall–Kier alpha value is -3.40. The van der Waals surface area contributed by atoms with Gasteiger partial charge in [-0.05, 0) is 25.1 Å². The van der Waals surface area contributed by atoms with Crippen molar-refractivity contribution in [2.45, 2.75) is 6.92 Å². The first kappa shape index (κ1) is 15.5. The van der Waals surface area contributed by atoms with E-state index in [0.717, 1.165) is 11.3 Å². The fourth-order valence-electron chi connectivity index (χ4n) is 2.39. The van der Waals surface area contributed by atoms with Crippen molar-refractivity contribution in [2.24, 2.45) is 0 Å². The van der Waals surface area contributed by atoms with Crippen LogP contribution in [-0.4, -0.2) is 34.3 Å². The van der Waals surface area contributed by atoms with Crippen molar-refractivity contribution >= 4 is 17.4 Å². The molecule has 2 heterocycles. The molecule has 1 aromatic carbocycles. The first-order valence-electron chi connectivity index (χ1n) is 7.39. The first-order chi connectivity index (χ1) is 11.7. The van der Waals surface area contributed by atoms with Gasteiger partial charge in [-0.3, -0.25) is 4.90 Å². The van der Waals surface area contributed by atoms with Gasteiger partial charge in [-0.2, -0.15) is 10.4 Å². The molecule has 3 rings (SSSR count). The number of ether oxygens (including phenoxy) is 1. The summed E-state index contributed by atoms with van der Waals surface area (Å²) >= 11 is 0. The van der Waals surface area contributed by atoms with Crippen LogP contribution in [0.2, 0.25) is 0 Å². The minimum atomic E-state index is -0.416. The average molecular weight is 321 g/mol. The second kappa shape index (κ2) is 6.38. The molecule has 0 aliphatic carbocycles. The van der Waals surface area contributed by atoms with Gasteiger partial charge in [0.25, 0.3) is 0 Å². The van der Waals surface area contributed by atoms with Crippen LogP contribution in [0.15, 0.2) is 42.7 Å². The van der Waals surface area contributed by atoms with E-state index in [1.165, 1.54) is 11.1 Å². The highest BCUT2D eigenvalue weighted by Gasteiger charge is 2.14. The first-order valence-corrected chi connectivity index (χ1v) is 7.39. The molecular weight excluding hydrogens is 306 g/mol. The number of aromatic nitrogens is 3. The van der Waals surface area contributed by atoms with Gasteiger partial charge in [0.2, 0.25) is 0 Å². The van der Waals surface area contributed by atoms with E-state index in [9.17, 15) is 4.79 Å². The highest BCUT2D eigenvalue weighted by molar-refractivity contribution is 5.88. The summed E-state index contributed by atoms with van der Waals surface area (Å²) in [6.07, 6.45) is 2.70. The van der Waals surface area contributed by atoms with Gasteiger partial charge in [0.1, 0.15) is 11.6 Å². The molecule has 1 amide bonds. The third-order valence-corrected chi connectivity index (χ3v) is 3.59. The molecule has 0 aliphatic heterocycles. The molecule has 0 radical (unpaired) electrons. The zero-order valence-corrected chi connectivity index (χ0v) is 13.3. The van der Waals surface area contributed by atoms with Crippen molar-refractivity contribution in [3.8, 4) is 17.3 Å². The van der Waals surface area contributed by atoms with E-state index in [0.29, 0.717) is 23.5 Å². The molecule has 0 fully saturated rings. The Morgan fingerprint density at radius 1 is 1.42 bits per heavy atom. The fourth-order valence-corrected chi connectivity index (χ4v) is 2.39. The van der Waals surface area contributed by atoms with Crippen LogP contribution in [0.4, 0.5) is 10.5 Å². The normalized spacial score (nSPS) is 10.4. The predicted octanol–water partition coefficient (Wildman–Crippen LogP) is 2.86. The number of hydrogen-bond donors (Lipinski definition) is 0. The third kappa shape index (κ3) is 2.65. The van der Waals surface area contributed by atoms with Crippen LogP contribution in [0.5, 0.6) is 0 Å². The van der Waals surface area contributed by atoms with E-state index in [1.54, 1.807) is 24.7 Å². The molecule has 2 aromatic heterocycles. The van der Waals surface area contributed by atoms with E-state index in [1.807, 2.05) is 30.3 Å². The molecule has 0 N–H and O–H groups in total. The number of carbonyl (C=O) groups excluding carboxylic acids is 1. The molecule has 0 aliphatic rings. The highest BCUT2D eigenvalue weighted by atomic mass is 16.6. The van der Waals surface area contributed by atoms with Gasteiger partial charge in [-0.1, -0.05) is 12.1 Å². The van der Waals surface area contributed by atoms with Gasteiger partial charge in [-0.25, -0.2) is 14.3 Å². The number of benzene rings is 1. The van der Waals surface area contributed by atoms with E-state index < -0.39 is 6.09 Å². The number of hydrogen-bond acceptors (Lipinski definition) is 5. The zero-order valence-electron chi connectivity index (χ0n) is 13.3. The summed E-state index contributed by atoms with van der Waals surface area (Å²) in [6, 6.07) is 11.3. The molecule has 7 heteroatoms. The van der Waals surface area contributed by atoms with Crippen molar-refractivity contribution in [2.75, 3.05) is 18.6 Å². The number of nitrogens with zero attached hydrogens (tertiary/aromatic N) is 5. The van der Waals surface area contributed by atoms with Crippen molar-refractivity contribution in [1.29, 1.82) is 5.26 Å². The van der Waals surface area contributed by atoms with Crippen molar-refractivity contribution in [3.05, 3.63) is 48.3 Å². The molecule has 7 nitrogen and oxygen atoms in total. The van der Waals surface area contributed by atoms with Crippen LogP contribution in [0.3, 0.4) is 0 Å². The Labute approximate surface area is 138 Å². The summed E-state index contributed by atoms with van der Waals surface area (Å²) < 4.78 is 6.63. The van der Waals surface area contributed by atoms with Gasteiger partial charge in [-0.15, -0.1) is 0 Å². The van der Waals surface area contributed by atoms with Crippen LogP contribution in [-0.2, 0) is 4.74 Å².